The minimum Gasteiger partial charge on any atom is -0.378 e. The number of hydrogen-bond donors (Lipinski definition) is 1. The summed E-state index contributed by atoms with van der Waals surface area (Å²) in [6.07, 6.45) is 2.18. The summed E-state index contributed by atoms with van der Waals surface area (Å²) in [6, 6.07) is 10.5. The van der Waals surface area contributed by atoms with Gasteiger partial charge in [-0.05, 0) is 44.0 Å². The van der Waals surface area contributed by atoms with Crippen molar-refractivity contribution in [1.29, 1.82) is 0 Å². The van der Waals surface area contributed by atoms with E-state index in [4.69, 9.17) is 4.52 Å². The maximum atomic E-state index is 12.3. The fourth-order valence-corrected chi connectivity index (χ4v) is 3.20. The molecule has 0 saturated carbocycles. The van der Waals surface area contributed by atoms with E-state index in [1.807, 2.05) is 14.1 Å². The van der Waals surface area contributed by atoms with Crippen LogP contribution in [0.5, 0.6) is 0 Å². The van der Waals surface area contributed by atoms with Gasteiger partial charge in [-0.25, -0.2) is 0 Å². The second kappa shape index (κ2) is 7.05. The largest absolute Gasteiger partial charge is 0.378 e. The summed E-state index contributed by atoms with van der Waals surface area (Å²) in [5, 5.41) is 6.61. The molecule has 6 nitrogen and oxygen atoms in total. The van der Waals surface area contributed by atoms with E-state index in [0.29, 0.717) is 18.1 Å². The first-order chi connectivity index (χ1) is 11.5. The van der Waals surface area contributed by atoms with Gasteiger partial charge in [-0.2, -0.15) is 0 Å². The summed E-state index contributed by atoms with van der Waals surface area (Å²) < 4.78 is 4.98. The Balaban J connectivity index is 1.67. The van der Waals surface area contributed by atoms with E-state index < -0.39 is 0 Å². The number of anilines is 2. The van der Waals surface area contributed by atoms with Crippen molar-refractivity contribution in [1.82, 2.24) is 10.1 Å². The van der Waals surface area contributed by atoms with Gasteiger partial charge in [-0.1, -0.05) is 17.3 Å². The number of amides is 1. The zero-order valence-electron chi connectivity index (χ0n) is 14.5. The van der Waals surface area contributed by atoms with E-state index in [1.54, 1.807) is 13.0 Å². The summed E-state index contributed by atoms with van der Waals surface area (Å²) >= 11 is 0. The van der Waals surface area contributed by atoms with Crippen molar-refractivity contribution >= 4 is 17.4 Å². The van der Waals surface area contributed by atoms with Crippen molar-refractivity contribution in [3.63, 3.8) is 0 Å². The summed E-state index contributed by atoms with van der Waals surface area (Å²) in [7, 11) is 4.08. The Bertz CT molecular complexity index is 711. The van der Waals surface area contributed by atoms with Crippen LogP contribution in [0.2, 0.25) is 0 Å². The minimum atomic E-state index is -0.0565. The highest BCUT2D eigenvalue weighted by Crippen LogP contribution is 2.33. The Morgan fingerprint density at radius 2 is 2.25 bits per heavy atom. The van der Waals surface area contributed by atoms with Crippen LogP contribution in [0.15, 0.2) is 34.9 Å². The smallest absolute Gasteiger partial charge is 0.239 e. The average Bonchev–Trinajstić information content (AvgIpc) is 3.16. The topological polar surface area (TPSA) is 61.6 Å². The first kappa shape index (κ1) is 16.5. The van der Waals surface area contributed by atoms with Crippen molar-refractivity contribution in [3.8, 4) is 0 Å². The average molecular weight is 328 g/mol. The maximum Gasteiger partial charge on any atom is 0.239 e. The van der Waals surface area contributed by atoms with Crippen molar-refractivity contribution in [2.75, 3.05) is 37.4 Å². The van der Waals surface area contributed by atoms with E-state index >= 15 is 0 Å². The molecule has 1 amide bonds. The molecule has 1 aliphatic rings. The zero-order chi connectivity index (χ0) is 17.1. The number of benzene rings is 1. The lowest BCUT2D eigenvalue weighted by molar-refractivity contribution is -0.117. The van der Waals surface area contributed by atoms with Gasteiger partial charge < -0.3 is 14.7 Å². The molecule has 2 heterocycles. The Labute approximate surface area is 142 Å². The van der Waals surface area contributed by atoms with E-state index in [1.165, 1.54) is 11.3 Å². The third-order valence-electron chi connectivity index (χ3n) is 4.38. The first-order valence-electron chi connectivity index (χ1n) is 8.27. The Morgan fingerprint density at radius 1 is 1.42 bits per heavy atom. The SMILES string of the molecule is Cc1cc(NC(=O)CN2CCCC2c2cccc(N(C)C)c2)no1. The number of likely N-dealkylation sites (tertiary alicyclic amines) is 1. The lowest BCUT2D eigenvalue weighted by Crippen LogP contribution is -2.33. The summed E-state index contributed by atoms with van der Waals surface area (Å²) in [5.41, 5.74) is 2.45. The summed E-state index contributed by atoms with van der Waals surface area (Å²) in [4.78, 5) is 16.6. The molecule has 1 N–H and O–H groups in total. The van der Waals surface area contributed by atoms with Crippen molar-refractivity contribution in [3.05, 3.63) is 41.7 Å². The molecule has 128 valence electrons. The maximum absolute atomic E-state index is 12.3. The first-order valence-corrected chi connectivity index (χ1v) is 8.27. The van der Waals surface area contributed by atoms with Crippen LogP contribution in [-0.4, -0.2) is 43.1 Å². The van der Waals surface area contributed by atoms with Gasteiger partial charge in [0.2, 0.25) is 5.91 Å². The predicted molar refractivity (Wildman–Crippen MR) is 94.2 cm³/mol. The Kier molecular flexibility index (Phi) is 4.85. The van der Waals surface area contributed by atoms with Crippen LogP contribution in [0.3, 0.4) is 0 Å². The van der Waals surface area contributed by atoms with Gasteiger partial charge in [-0.3, -0.25) is 9.69 Å². The van der Waals surface area contributed by atoms with Gasteiger partial charge in [0.05, 0.1) is 6.54 Å². The molecular weight excluding hydrogens is 304 g/mol. The standard InChI is InChI=1S/C18H24N4O2/c1-13-10-17(20-24-13)19-18(23)12-22-9-5-8-16(22)14-6-4-7-15(11-14)21(2)3/h4,6-7,10-11,16H,5,8-9,12H2,1-3H3,(H,19,20,23). The summed E-state index contributed by atoms with van der Waals surface area (Å²) in [5.74, 6) is 1.10. The second-order valence-electron chi connectivity index (χ2n) is 6.49. The quantitative estimate of drug-likeness (QED) is 0.914. The number of hydrogen-bond acceptors (Lipinski definition) is 5. The van der Waals surface area contributed by atoms with Crippen LogP contribution < -0.4 is 10.2 Å². The van der Waals surface area contributed by atoms with Crippen LogP contribution in [0.25, 0.3) is 0 Å². The molecule has 0 radical (unpaired) electrons. The normalized spacial score (nSPS) is 17.9. The lowest BCUT2D eigenvalue weighted by Gasteiger charge is -2.25. The number of carbonyl (C=O) groups excluding carboxylic acids is 1. The molecule has 6 heteroatoms. The van der Waals surface area contributed by atoms with E-state index in [0.717, 1.165) is 19.4 Å². The van der Waals surface area contributed by atoms with E-state index in [9.17, 15) is 4.79 Å². The fraction of sp³-hybridized carbons (Fsp3) is 0.444. The molecule has 0 spiro atoms. The van der Waals surface area contributed by atoms with E-state index in [2.05, 4.69) is 44.5 Å². The monoisotopic (exact) mass is 328 g/mol. The van der Waals surface area contributed by atoms with Crippen molar-refractivity contribution in [2.45, 2.75) is 25.8 Å². The molecule has 1 saturated heterocycles. The summed E-state index contributed by atoms with van der Waals surface area (Å²) in [6.45, 7) is 3.10. The van der Waals surface area contributed by atoms with E-state index in [-0.39, 0.29) is 11.9 Å². The molecule has 3 rings (SSSR count). The van der Waals surface area contributed by atoms with Crippen LogP contribution in [0.1, 0.15) is 30.2 Å². The molecule has 1 aromatic carbocycles. The molecule has 0 aliphatic carbocycles. The lowest BCUT2D eigenvalue weighted by atomic mass is 10.0. The zero-order valence-corrected chi connectivity index (χ0v) is 14.5. The van der Waals surface area contributed by atoms with Crippen LogP contribution in [0.4, 0.5) is 11.5 Å². The number of aryl methyl sites for hydroxylation is 1. The fourth-order valence-electron chi connectivity index (χ4n) is 3.20. The number of rotatable bonds is 5. The molecule has 24 heavy (non-hydrogen) atoms. The number of aromatic nitrogens is 1. The van der Waals surface area contributed by atoms with Crippen LogP contribution >= 0.6 is 0 Å². The molecule has 2 aromatic rings. The van der Waals surface area contributed by atoms with Crippen LogP contribution in [-0.2, 0) is 4.79 Å². The number of nitrogens with zero attached hydrogens (tertiary/aromatic N) is 3. The molecule has 1 unspecified atom stereocenters. The number of nitrogens with one attached hydrogen (secondary N) is 1. The highest BCUT2D eigenvalue weighted by Gasteiger charge is 2.28. The Morgan fingerprint density at radius 3 is 2.96 bits per heavy atom. The Hall–Kier alpha value is -2.34. The molecule has 1 atom stereocenters. The highest BCUT2D eigenvalue weighted by atomic mass is 16.5. The van der Waals surface area contributed by atoms with Gasteiger partial charge in [0.25, 0.3) is 0 Å². The van der Waals surface area contributed by atoms with Crippen LogP contribution in [0, 0.1) is 6.92 Å². The molecule has 1 fully saturated rings. The molecule has 1 aromatic heterocycles. The second-order valence-corrected chi connectivity index (χ2v) is 6.49. The predicted octanol–water partition coefficient (Wildman–Crippen LogP) is 2.82. The minimum absolute atomic E-state index is 0.0565. The van der Waals surface area contributed by atoms with Crippen molar-refractivity contribution < 1.29 is 9.32 Å². The third kappa shape index (κ3) is 3.76. The van der Waals surface area contributed by atoms with Crippen molar-refractivity contribution in [2.24, 2.45) is 0 Å². The molecule has 1 aliphatic heterocycles. The highest BCUT2D eigenvalue weighted by molar-refractivity contribution is 5.91. The van der Waals surface area contributed by atoms with Gasteiger partial charge in [-0.15, -0.1) is 0 Å². The van der Waals surface area contributed by atoms with Gasteiger partial charge in [0.15, 0.2) is 5.82 Å². The van der Waals surface area contributed by atoms with Gasteiger partial charge in [0.1, 0.15) is 5.76 Å². The van der Waals surface area contributed by atoms with Gasteiger partial charge >= 0.3 is 0 Å². The number of carbonyl (C=O) groups is 1. The molecular formula is C18H24N4O2. The molecule has 0 bridgehead atoms. The van der Waals surface area contributed by atoms with Gasteiger partial charge in [0, 0.05) is 31.9 Å². The third-order valence-corrected chi connectivity index (χ3v) is 4.38.